The molecule has 164 valence electrons. The Labute approximate surface area is 193 Å². The third-order valence-electron chi connectivity index (χ3n) is 5.43. The fourth-order valence-electron chi connectivity index (χ4n) is 3.77. The number of rotatable bonds is 6. The van der Waals surface area contributed by atoms with Crippen LogP contribution < -0.4 is 15.2 Å². The van der Waals surface area contributed by atoms with E-state index in [1.165, 1.54) is 27.1 Å². The Morgan fingerprint density at radius 1 is 1.15 bits per heavy atom. The quantitative estimate of drug-likeness (QED) is 0.324. The second-order valence-corrected chi connectivity index (χ2v) is 8.59. The van der Waals surface area contributed by atoms with Gasteiger partial charge in [-0.15, -0.1) is 17.9 Å². The highest BCUT2D eigenvalue weighted by molar-refractivity contribution is 7.21. The summed E-state index contributed by atoms with van der Waals surface area (Å²) in [6.07, 6.45) is 3.02. The molecular weight excluding hydrogens is 438 g/mol. The van der Waals surface area contributed by atoms with Crippen LogP contribution in [0, 0.1) is 0 Å². The van der Waals surface area contributed by atoms with Gasteiger partial charge in [-0.3, -0.25) is 19.0 Å². The molecule has 4 aromatic rings. The topological polar surface area (TPSA) is 81.5 Å². The molecule has 0 N–H and O–H groups in total. The van der Waals surface area contributed by atoms with Gasteiger partial charge in [0, 0.05) is 17.0 Å². The highest BCUT2D eigenvalue weighted by Gasteiger charge is 2.25. The number of ketones is 1. The Morgan fingerprint density at radius 2 is 1.97 bits per heavy atom. The molecule has 2 aromatic heterocycles. The van der Waals surface area contributed by atoms with Gasteiger partial charge in [-0.05, 0) is 29.8 Å². The molecule has 0 atom stereocenters. The molecule has 0 fully saturated rings. The molecule has 7 nitrogen and oxygen atoms in total. The number of fused-ring (bicyclic) bond motifs is 2. The largest absolute Gasteiger partial charge is 0.482 e. The molecule has 1 aliphatic heterocycles. The molecule has 0 radical (unpaired) electrons. The van der Waals surface area contributed by atoms with E-state index in [4.69, 9.17) is 4.74 Å². The van der Waals surface area contributed by atoms with Crippen molar-refractivity contribution >= 4 is 38.9 Å². The molecule has 0 aliphatic carbocycles. The molecule has 3 heterocycles. The summed E-state index contributed by atoms with van der Waals surface area (Å²) in [7, 11) is 0. The maximum absolute atomic E-state index is 13.0. The van der Waals surface area contributed by atoms with Gasteiger partial charge >= 0.3 is 0 Å². The Bertz CT molecular complexity index is 1460. The molecule has 33 heavy (non-hydrogen) atoms. The van der Waals surface area contributed by atoms with Crippen molar-refractivity contribution in [2.75, 3.05) is 18.1 Å². The van der Waals surface area contributed by atoms with Crippen molar-refractivity contribution in [2.24, 2.45) is 0 Å². The van der Waals surface area contributed by atoms with Crippen LogP contribution in [0.3, 0.4) is 0 Å². The fourth-order valence-corrected chi connectivity index (χ4v) is 4.76. The second-order valence-electron chi connectivity index (χ2n) is 7.56. The summed E-state index contributed by atoms with van der Waals surface area (Å²) in [6.45, 7) is 3.79. The predicted molar refractivity (Wildman–Crippen MR) is 128 cm³/mol. The first-order valence-corrected chi connectivity index (χ1v) is 11.1. The summed E-state index contributed by atoms with van der Waals surface area (Å²) in [6, 6.07) is 16.5. The van der Waals surface area contributed by atoms with E-state index in [1.807, 2.05) is 36.4 Å². The molecule has 0 bridgehead atoms. The van der Waals surface area contributed by atoms with E-state index in [2.05, 4.69) is 11.6 Å². The number of nitrogens with zero attached hydrogens (tertiary/aromatic N) is 3. The van der Waals surface area contributed by atoms with E-state index in [9.17, 15) is 14.4 Å². The summed E-state index contributed by atoms with van der Waals surface area (Å²) in [5.41, 5.74) is 1.64. The zero-order chi connectivity index (χ0) is 22.9. The molecule has 5 rings (SSSR count). The van der Waals surface area contributed by atoms with Crippen LogP contribution in [0.1, 0.15) is 10.4 Å². The number of hydrogen-bond acceptors (Lipinski definition) is 6. The van der Waals surface area contributed by atoms with Crippen LogP contribution in [0.5, 0.6) is 5.75 Å². The summed E-state index contributed by atoms with van der Waals surface area (Å²) in [5.74, 6) is 0.0562. The van der Waals surface area contributed by atoms with Crippen LogP contribution in [0.4, 0.5) is 5.69 Å². The van der Waals surface area contributed by atoms with Gasteiger partial charge in [0.25, 0.3) is 11.5 Å². The van der Waals surface area contributed by atoms with E-state index in [-0.39, 0.29) is 30.4 Å². The maximum atomic E-state index is 13.0. The van der Waals surface area contributed by atoms with Gasteiger partial charge in [0.1, 0.15) is 10.6 Å². The van der Waals surface area contributed by atoms with Crippen molar-refractivity contribution in [3.8, 4) is 16.2 Å². The van der Waals surface area contributed by atoms with Crippen molar-refractivity contribution in [2.45, 2.75) is 6.54 Å². The van der Waals surface area contributed by atoms with Gasteiger partial charge < -0.3 is 9.64 Å². The summed E-state index contributed by atoms with van der Waals surface area (Å²) in [4.78, 5) is 45.8. The maximum Gasteiger partial charge on any atom is 0.265 e. The summed E-state index contributed by atoms with van der Waals surface area (Å²) < 4.78 is 6.78. The van der Waals surface area contributed by atoms with Gasteiger partial charge in [0.05, 0.1) is 23.9 Å². The molecule has 1 aliphatic rings. The lowest BCUT2D eigenvalue weighted by molar-refractivity contribution is -0.121. The third-order valence-corrected chi connectivity index (χ3v) is 6.52. The SMILES string of the molecule is C=CCN1C(=O)COc2ccc(C(=O)Cn3cnc4sc(-c5ccccc5)cc4c3=O)cc21. The van der Waals surface area contributed by atoms with Crippen LogP contribution in [0.15, 0.2) is 78.4 Å². The van der Waals surface area contributed by atoms with E-state index in [0.29, 0.717) is 33.8 Å². The number of ether oxygens (including phenoxy) is 1. The first-order chi connectivity index (χ1) is 16.0. The number of anilines is 1. The minimum Gasteiger partial charge on any atom is -0.482 e. The number of amides is 1. The van der Waals surface area contributed by atoms with Gasteiger partial charge in [-0.1, -0.05) is 36.4 Å². The summed E-state index contributed by atoms with van der Waals surface area (Å²) in [5, 5.41) is 0.482. The molecular formula is C25H19N3O4S. The average Bonchev–Trinajstić information content (AvgIpc) is 3.28. The van der Waals surface area contributed by atoms with Crippen molar-refractivity contribution < 1.29 is 14.3 Å². The summed E-state index contributed by atoms with van der Waals surface area (Å²) >= 11 is 1.44. The first-order valence-electron chi connectivity index (χ1n) is 10.3. The van der Waals surface area contributed by atoms with Crippen LogP contribution in [-0.4, -0.2) is 34.4 Å². The van der Waals surface area contributed by atoms with Crippen molar-refractivity contribution in [3.05, 3.63) is 89.5 Å². The average molecular weight is 458 g/mol. The Balaban J connectivity index is 1.45. The van der Waals surface area contributed by atoms with Crippen LogP contribution in [-0.2, 0) is 11.3 Å². The predicted octanol–water partition coefficient (Wildman–Crippen LogP) is 3.92. The van der Waals surface area contributed by atoms with E-state index in [1.54, 1.807) is 24.3 Å². The number of Topliss-reactive ketones (excluding diaryl/α,β-unsaturated/α-hetero) is 1. The van der Waals surface area contributed by atoms with Crippen molar-refractivity contribution in [1.29, 1.82) is 0 Å². The van der Waals surface area contributed by atoms with Crippen molar-refractivity contribution in [1.82, 2.24) is 9.55 Å². The third kappa shape index (κ3) is 3.85. The minimum absolute atomic E-state index is 0.0547. The number of benzene rings is 2. The standard InChI is InChI=1S/C25H19N3O4S/c1-2-10-28-19-11-17(8-9-21(19)32-14-23(28)30)20(29)13-27-15-26-24-18(25(27)31)12-22(33-24)16-6-4-3-5-7-16/h2-9,11-12,15H,1,10,13-14H2. The number of aromatic nitrogens is 2. The molecule has 1 amide bonds. The van der Waals surface area contributed by atoms with Gasteiger partial charge in [-0.25, -0.2) is 4.98 Å². The number of hydrogen-bond donors (Lipinski definition) is 0. The smallest absolute Gasteiger partial charge is 0.265 e. The lowest BCUT2D eigenvalue weighted by Crippen LogP contribution is -2.39. The number of carbonyl (C=O) groups excluding carboxylic acids is 2. The van der Waals surface area contributed by atoms with Crippen LogP contribution >= 0.6 is 11.3 Å². The number of thiophene rings is 1. The molecule has 2 aromatic carbocycles. The molecule has 8 heteroatoms. The highest BCUT2D eigenvalue weighted by Crippen LogP contribution is 2.33. The number of carbonyl (C=O) groups is 2. The Morgan fingerprint density at radius 3 is 2.76 bits per heavy atom. The second kappa shape index (κ2) is 8.48. The zero-order valence-electron chi connectivity index (χ0n) is 17.6. The van der Waals surface area contributed by atoms with E-state index < -0.39 is 0 Å². The van der Waals surface area contributed by atoms with Gasteiger partial charge in [-0.2, -0.15) is 0 Å². The lowest BCUT2D eigenvalue weighted by atomic mass is 10.1. The van der Waals surface area contributed by atoms with E-state index in [0.717, 1.165) is 10.4 Å². The minimum atomic E-state index is -0.267. The normalized spacial score (nSPS) is 13.0. The van der Waals surface area contributed by atoms with Crippen LogP contribution in [0.2, 0.25) is 0 Å². The van der Waals surface area contributed by atoms with Crippen LogP contribution in [0.25, 0.3) is 20.7 Å². The highest BCUT2D eigenvalue weighted by atomic mass is 32.1. The Kier molecular flexibility index (Phi) is 5.35. The van der Waals surface area contributed by atoms with Crippen molar-refractivity contribution in [3.63, 3.8) is 0 Å². The monoisotopic (exact) mass is 457 g/mol. The van der Waals surface area contributed by atoms with E-state index >= 15 is 0 Å². The molecule has 0 saturated heterocycles. The fraction of sp³-hybridized carbons (Fsp3) is 0.120. The lowest BCUT2D eigenvalue weighted by Gasteiger charge is -2.28. The molecule has 0 saturated carbocycles. The Hall–Kier alpha value is -4.04. The first kappa shape index (κ1) is 20.8. The molecule has 0 unspecified atom stereocenters. The van der Waals surface area contributed by atoms with Gasteiger partial charge in [0.2, 0.25) is 0 Å². The zero-order valence-corrected chi connectivity index (χ0v) is 18.4. The molecule has 0 spiro atoms. The van der Waals surface area contributed by atoms with Gasteiger partial charge in [0.15, 0.2) is 12.4 Å².